The molecule has 126 valence electrons. The minimum absolute atomic E-state index is 0.0605. The van der Waals surface area contributed by atoms with Gasteiger partial charge in [0.1, 0.15) is 0 Å². The van der Waals surface area contributed by atoms with Gasteiger partial charge in [-0.1, -0.05) is 0 Å². The number of rotatable bonds is 3. The van der Waals surface area contributed by atoms with Crippen LogP contribution in [0.4, 0.5) is 5.69 Å². The fraction of sp³-hybridized carbons (Fsp3) is 0.526. The van der Waals surface area contributed by atoms with Crippen molar-refractivity contribution in [2.24, 2.45) is 23.7 Å². The third-order valence-corrected chi connectivity index (χ3v) is 5.63. The number of ether oxygens (including phenoxy) is 1. The van der Waals surface area contributed by atoms with Crippen LogP contribution in [-0.4, -0.2) is 23.9 Å². The van der Waals surface area contributed by atoms with Crippen LogP contribution in [0.2, 0.25) is 0 Å². The van der Waals surface area contributed by atoms with Crippen LogP contribution in [0.15, 0.2) is 24.3 Å². The summed E-state index contributed by atoms with van der Waals surface area (Å²) in [6, 6.07) is 6.55. The van der Waals surface area contributed by atoms with E-state index in [2.05, 4.69) is 0 Å². The van der Waals surface area contributed by atoms with E-state index in [9.17, 15) is 14.4 Å². The number of benzene rings is 1. The molecule has 2 amide bonds. The fourth-order valence-corrected chi connectivity index (χ4v) is 4.69. The molecule has 0 aromatic heterocycles. The van der Waals surface area contributed by atoms with Gasteiger partial charge < -0.3 is 4.74 Å². The molecule has 1 aliphatic heterocycles. The van der Waals surface area contributed by atoms with Gasteiger partial charge in [0, 0.05) is 0 Å². The Morgan fingerprint density at radius 1 is 1.04 bits per heavy atom. The Morgan fingerprint density at radius 2 is 1.58 bits per heavy atom. The molecule has 1 aromatic carbocycles. The molecule has 1 saturated heterocycles. The molecular weight excluding hydrogens is 306 g/mol. The van der Waals surface area contributed by atoms with Gasteiger partial charge in [-0.3, -0.25) is 14.5 Å². The quantitative estimate of drug-likeness (QED) is 0.632. The zero-order chi connectivity index (χ0) is 17.0. The molecule has 4 atom stereocenters. The Kier molecular flexibility index (Phi) is 3.48. The lowest BCUT2D eigenvalue weighted by molar-refractivity contribution is -0.123. The standard InChI is InChI=1S/C19H21NO4/c1-10(2)24-19(23)11-5-7-14(8-6-11)20-17(21)15-12-3-4-13(9-12)16(15)18(20)22/h5-8,10,12-13,15-16H,3-4,9H2,1-2H3. The van der Waals surface area contributed by atoms with Gasteiger partial charge in [0.2, 0.25) is 11.8 Å². The predicted molar refractivity (Wildman–Crippen MR) is 87.3 cm³/mol. The summed E-state index contributed by atoms with van der Waals surface area (Å²) in [5.74, 6) is -0.0119. The van der Waals surface area contributed by atoms with Crippen LogP contribution >= 0.6 is 0 Å². The molecule has 5 heteroatoms. The Labute approximate surface area is 141 Å². The van der Waals surface area contributed by atoms with Crippen molar-refractivity contribution in [1.29, 1.82) is 0 Å². The maximum absolute atomic E-state index is 12.8. The maximum atomic E-state index is 12.8. The number of imide groups is 1. The van der Waals surface area contributed by atoms with Crippen LogP contribution in [-0.2, 0) is 14.3 Å². The van der Waals surface area contributed by atoms with Gasteiger partial charge in [0.25, 0.3) is 0 Å². The SMILES string of the molecule is CC(C)OC(=O)c1ccc(N2C(=O)C3C4CCC(C4)C3C2=O)cc1. The molecule has 5 nitrogen and oxygen atoms in total. The van der Waals surface area contributed by atoms with Crippen LogP contribution < -0.4 is 4.90 Å². The second-order valence-corrected chi connectivity index (χ2v) is 7.40. The highest BCUT2D eigenvalue weighted by atomic mass is 16.5. The fourth-order valence-electron chi connectivity index (χ4n) is 4.69. The number of carbonyl (C=O) groups excluding carboxylic acids is 3. The van der Waals surface area contributed by atoms with E-state index in [-0.39, 0.29) is 29.8 Å². The van der Waals surface area contributed by atoms with Crippen LogP contribution in [0.25, 0.3) is 0 Å². The van der Waals surface area contributed by atoms with Crippen molar-refractivity contribution in [3.05, 3.63) is 29.8 Å². The molecule has 3 aliphatic rings. The second-order valence-electron chi connectivity index (χ2n) is 7.40. The van der Waals surface area contributed by atoms with Crippen molar-refractivity contribution in [2.45, 2.75) is 39.2 Å². The summed E-state index contributed by atoms with van der Waals surface area (Å²) in [7, 11) is 0. The number of carbonyl (C=O) groups is 3. The van der Waals surface area contributed by atoms with E-state index in [1.165, 1.54) is 4.90 Å². The van der Waals surface area contributed by atoms with Crippen molar-refractivity contribution in [3.8, 4) is 0 Å². The van der Waals surface area contributed by atoms with Gasteiger partial charge in [-0.2, -0.15) is 0 Å². The lowest BCUT2D eigenvalue weighted by Gasteiger charge is -2.19. The number of nitrogens with zero attached hydrogens (tertiary/aromatic N) is 1. The zero-order valence-electron chi connectivity index (χ0n) is 13.9. The van der Waals surface area contributed by atoms with E-state index in [0.29, 0.717) is 23.1 Å². The smallest absolute Gasteiger partial charge is 0.338 e. The third kappa shape index (κ3) is 2.18. The molecule has 1 heterocycles. The number of amides is 2. The van der Waals surface area contributed by atoms with Crippen molar-refractivity contribution < 1.29 is 19.1 Å². The highest BCUT2D eigenvalue weighted by Crippen LogP contribution is 2.56. The molecule has 4 rings (SSSR count). The highest BCUT2D eigenvalue weighted by molar-refractivity contribution is 6.22. The number of anilines is 1. The van der Waals surface area contributed by atoms with Crippen LogP contribution in [0.5, 0.6) is 0 Å². The van der Waals surface area contributed by atoms with Gasteiger partial charge in [-0.05, 0) is 69.2 Å². The predicted octanol–water partition coefficient (Wildman–Crippen LogP) is 2.79. The lowest BCUT2D eigenvalue weighted by Crippen LogP contribution is -2.32. The highest BCUT2D eigenvalue weighted by Gasteiger charge is 2.61. The molecule has 0 radical (unpaired) electrons. The summed E-state index contributed by atoms with van der Waals surface area (Å²) in [5, 5.41) is 0. The molecule has 24 heavy (non-hydrogen) atoms. The summed E-state index contributed by atoms with van der Waals surface area (Å²) >= 11 is 0. The normalized spacial score (nSPS) is 31.0. The molecule has 4 unspecified atom stereocenters. The minimum atomic E-state index is -0.398. The van der Waals surface area contributed by atoms with Crippen LogP contribution in [0.1, 0.15) is 43.5 Å². The van der Waals surface area contributed by atoms with Crippen LogP contribution in [0.3, 0.4) is 0 Å². The first-order valence-electron chi connectivity index (χ1n) is 8.66. The average Bonchev–Trinajstić information content (AvgIpc) is 3.21. The first-order chi connectivity index (χ1) is 11.5. The van der Waals surface area contributed by atoms with E-state index in [1.807, 2.05) is 0 Å². The van der Waals surface area contributed by atoms with E-state index in [0.717, 1.165) is 19.3 Å². The Bertz CT molecular complexity index is 681. The average molecular weight is 327 g/mol. The third-order valence-electron chi connectivity index (χ3n) is 5.63. The van der Waals surface area contributed by atoms with Gasteiger partial charge >= 0.3 is 5.97 Å². The minimum Gasteiger partial charge on any atom is -0.459 e. The molecular formula is C19H21NO4. The van der Waals surface area contributed by atoms with E-state index in [4.69, 9.17) is 4.74 Å². The van der Waals surface area contributed by atoms with Crippen molar-refractivity contribution >= 4 is 23.5 Å². The molecule has 0 N–H and O–H groups in total. The van der Waals surface area contributed by atoms with E-state index in [1.54, 1.807) is 38.1 Å². The Morgan fingerprint density at radius 3 is 2.08 bits per heavy atom. The zero-order valence-corrected chi connectivity index (χ0v) is 13.9. The van der Waals surface area contributed by atoms with E-state index < -0.39 is 5.97 Å². The number of hydrogen-bond acceptors (Lipinski definition) is 4. The number of hydrogen-bond donors (Lipinski definition) is 0. The molecule has 3 fully saturated rings. The van der Waals surface area contributed by atoms with Gasteiger partial charge in [0.05, 0.1) is 29.2 Å². The van der Waals surface area contributed by atoms with Gasteiger partial charge in [0.15, 0.2) is 0 Å². The first-order valence-corrected chi connectivity index (χ1v) is 8.66. The monoisotopic (exact) mass is 327 g/mol. The summed E-state index contributed by atoms with van der Waals surface area (Å²) in [6.07, 6.45) is 2.98. The second kappa shape index (κ2) is 5.43. The van der Waals surface area contributed by atoms with Crippen LogP contribution in [0, 0.1) is 23.7 Å². The number of esters is 1. The molecule has 0 spiro atoms. The van der Waals surface area contributed by atoms with Crippen molar-refractivity contribution in [1.82, 2.24) is 0 Å². The van der Waals surface area contributed by atoms with E-state index >= 15 is 0 Å². The maximum Gasteiger partial charge on any atom is 0.338 e. The Balaban J connectivity index is 1.57. The topological polar surface area (TPSA) is 63.7 Å². The summed E-state index contributed by atoms with van der Waals surface area (Å²) < 4.78 is 5.15. The van der Waals surface area contributed by atoms with Crippen molar-refractivity contribution in [2.75, 3.05) is 4.90 Å². The summed E-state index contributed by atoms with van der Waals surface area (Å²) in [5.41, 5.74) is 0.978. The molecule has 1 aromatic rings. The van der Waals surface area contributed by atoms with Crippen molar-refractivity contribution in [3.63, 3.8) is 0 Å². The van der Waals surface area contributed by atoms with Gasteiger partial charge in [-0.15, -0.1) is 0 Å². The molecule has 2 saturated carbocycles. The number of fused-ring (bicyclic) bond motifs is 5. The largest absolute Gasteiger partial charge is 0.459 e. The summed E-state index contributed by atoms with van der Waals surface area (Å²) in [4.78, 5) is 38.8. The molecule has 2 bridgehead atoms. The first kappa shape index (κ1) is 15.4. The van der Waals surface area contributed by atoms with Gasteiger partial charge in [-0.25, -0.2) is 4.79 Å². The molecule has 2 aliphatic carbocycles. The Hall–Kier alpha value is -2.17. The lowest BCUT2D eigenvalue weighted by atomic mass is 9.81. The summed E-state index contributed by atoms with van der Waals surface area (Å²) in [6.45, 7) is 3.59.